The molecular formula is C11H20N2OS. The third-order valence-electron chi connectivity index (χ3n) is 2.87. The normalized spacial score (nSPS) is 26.3. The van der Waals surface area contributed by atoms with Crippen LogP contribution in [-0.4, -0.2) is 36.0 Å². The van der Waals surface area contributed by atoms with Crippen molar-refractivity contribution < 1.29 is 4.79 Å². The van der Waals surface area contributed by atoms with E-state index in [9.17, 15) is 4.79 Å². The summed E-state index contributed by atoms with van der Waals surface area (Å²) in [7, 11) is 0. The molecule has 2 N–H and O–H groups in total. The standard InChI is InChI=1S/C11H20N2OS/c14-11(13-9-4-5-9)8-12-7-10-3-1-2-6-15-10/h9-10,12H,1-8H2,(H,13,14). The van der Waals surface area contributed by atoms with Crippen molar-refractivity contribution >= 4 is 17.7 Å². The van der Waals surface area contributed by atoms with Crippen LogP contribution in [-0.2, 0) is 4.79 Å². The topological polar surface area (TPSA) is 41.1 Å². The highest BCUT2D eigenvalue weighted by Gasteiger charge is 2.23. The quantitative estimate of drug-likeness (QED) is 0.741. The van der Waals surface area contributed by atoms with Crippen molar-refractivity contribution in [3.8, 4) is 0 Å². The molecule has 1 saturated heterocycles. The van der Waals surface area contributed by atoms with Crippen molar-refractivity contribution in [2.45, 2.75) is 43.4 Å². The second-order valence-electron chi connectivity index (χ2n) is 4.46. The maximum atomic E-state index is 11.4. The van der Waals surface area contributed by atoms with Gasteiger partial charge in [0, 0.05) is 17.8 Å². The van der Waals surface area contributed by atoms with Gasteiger partial charge in [-0.05, 0) is 31.4 Å². The molecule has 1 aliphatic carbocycles. The third kappa shape index (κ3) is 4.43. The van der Waals surface area contributed by atoms with Crippen molar-refractivity contribution in [2.24, 2.45) is 0 Å². The lowest BCUT2D eigenvalue weighted by Gasteiger charge is -2.21. The summed E-state index contributed by atoms with van der Waals surface area (Å²) in [5, 5.41) is 6.97. The molecule has 0 aromatic heterocycles. The van der Waals surface area contributed by atoms with Crippen molar-refractivity contribution in [1.29, 1.82) is 0 Å². The minimum atomic E-state index is 0.165. The van der Waals surface area contributed by atoms with E-state index in [4.69, 9.17) is 0 Å². The molecule has 2 aliphatic rings. The maximum absolute atomic E-state index is 11.4. The number of hydrogen-bond acceptors (Lipinski definition) is 3. The fraction of sp³-hybridized carbons (Fsp3) is 0.909. The van der Waals surface area contributed by atoms with Gasteiger partial charge in [0.15, 0.2) is 0 Å². The van der Waals surface area contributed by atoms with Crippen molar-refractivity contribution in [3.05, 3.63) is 0 Å². The largest absolute Gasteiger partial charge is 0.352 e. The Hall–Kier alpha value is -0.220. The van der Waals surface area contributed by atoms with Crippen molar-refractivity contribution in [3.63, 3.8) is 0 Å². The predicted molar refractivity (Wildman–Crippen MR) is 64.1 cm³/mol. The summed E-state index contributed by atoms with van der Waals surface area (Å²) in [4.78, 5) is 11.4. The molecule has 1 heterocycles. The Morgan fingerprint density at radius 3 is 2.80 bits per heavy atom. The van der Waals surface area contributed by atoms with E-state index in [1.54, 1.807) is 0 Å². The van der Waals surface area contributed by atoms with Crippen LogP contribution in [0.25, 0.3) is 0 Å². The summed E-state index contributed by atoms with van der Waals surface area (Å²) in [6.07, 6.45) is 6.37. The van der Waals surface area contributed by atoms with Gasteiger partial charge in [0.1, 0.15) is 0 Å². The van der Waals surface area contributed by atoms with Gasteiger partial charge in [-0.3, -0.25) is 4.79 Å². The van der Waals surface area contributed by atoms with Crippen LogP contribution in [0, 0.1) is 0 Å². The zero-order chi connectivity index (χ0) is 10.5. The van der Waals surface area contributed by atoms with E-state index >= 15 is 0 Å². The molecule has 1 aliphatic heterocycles. The Bertz CT molecular complexity index is 213. The first-order chi connectivity index (χ1) is 7.34. The molecule has 2 rings (SSSR count). The van der Waals surface area contributed by atoms with Crippen LogP contribution in [0.4, 0.5) is 0 Å². The molecule has 86 valence electrons. The number of thioether (sulfide) groups is 1. The molecule has 1 saturated carbocycles. The van der Waals surface area contributed by atoms with Gasteiger partial charge in [0.25, 0.3) is 0 Å². The number of carbonyl (C=O) groups is 1. The Balaban J connectivity index is 1.51. The van der Waals surface area contributed by atoms with E-state index < -0.39 is 0 Å². The van der Waals surface area contributed by atoms with E-state index in [1.807, 2.05) is 11.8 Å². The highest BCUT2D eigenvalue weighted by Crippen LogP contribution is 2.24. The average molecular weight is 228 g/mol. The first-order valence-corrected chi connectivity index (χ1v) is 7.01. The molecule has 1 unspecified atom stereocenters. The second-order valence-corrected chi connectivity index (χ2v) is 5.87. The van der Waals surface area contributed by atoms with Crippen LogP contribution in [0.1, 0.15) is 32.1 Å². The van der Waals surface area contributed by atoms with Crippen LogP contribution in [0.3, 0.4) is 0 Å². The lowest BCUT2D eigenvalue weighted by Crippen LogP contribution is -2.37. The Labute approximate surface area is 95.8 Å². The Morgan fingerprint density at radius 2 is 2.13 bits per heavy atom. The lowest BCUT2D eigenvalue weighted by atomic mass is 10.2. The zero-order valence-corrected chi connectivity index (χ0v) is 9.94. The van der Waals surface area contributed by atoms with E-state index in [0.29, 0.717) is 12.6 Å². The predicted octanol–water partition coefficient (Wildman–Crippen LogP) is 1.14. The minimum Gasteiger partial charge on any atom is -0.352 e. The van der Waals surface area contributed by atoms with Crippen LogP contribution < -0.4 is 10.6 Å². The number of hydrogen-bond donors (Lipinski definition) is 2. The molecule has 1 atom stereocenters. The van der Waals surface area contributed by atoms with Gasteiger partial charge in [-0.1, -0.05) is 6.42 Å². The maximum Gasteiger partial charge on any atom is 0.234 e. The smallest absolute Gasteiger partial charge is 0.234 e. The minimum absolute atomic E-state index is 0.165. The average Bonchev–Trinajstić information content (AvgIpc) is 3.03. The summed E-state index contributed by atoms with van der Waals surface area (Å²) < 4.78 is 0. The van der Waals surface area contributed by atoms with Gasteiger partial charge in [-0.15, -0.1) is 0 Å². The SMILES string of the molecule is O=C(CNCC1CCCCS1)NC1CC1. The van der Waals surface area contributed by atoms with Gasteiger partial charge >= 0.3 is 0 Å². The number of nitrogens with one attached hydrogen (secondary N) is 2. The van der Waals surface area contributed by atoms with E-state index in [1.165, 1.54) is 37.9 Å². The summed E-state index contributed by atoms with van der Waals surface area (Å²) >= 11 is 2.05. The monoisotopic (exact) mass is 228 g/mol. The first-order valence-electron chi connectivity index (χ1n) is 5.96. The fourth-order valence-corrected chi connectivity index (χ4v) is 3.09. The lowest BCUT2D eigenvalue weighted by molar-refractivity contribution is -0.120. The Morgan fingerprint density at radius 1 is 1.27 bits per heavy atom. The second kappa shape index (κ2) is 5.75. The Kier molecular flexibility index (Phi) is 4.32. The van der Waals surface area contributed by atoms with Crippen LogP contribution in [0.5, 0.6) is 0 Å². The van der Waals surface area contributed by atoms with Crippen LogP contribution in [0.15, 0.2) is 0 Å². The molecule has 15 heavy (non-hydrogen) atoms. The molecule has 1 amide bonds. The van der Waals surface area contributed by atoms with Gasteiger partial charge in [0.05, 0.1) is 6.54 Å². The molecule has 3 nitrogen and oxygen atoms in total. The van der Waals surface area contributed by atoms with E-state index in [0.717, 1.165) is 11.8 Å². The van der Waals surface area contributed by atoms with Gasteiger partial charge in [0.2, 0.25) is 5.91 Å². The third-order valence-corrected chi connectivity index (χ3v) is 4.27. The van der Waals surface area contributed by atoms with Crippen molar-refractivity contribution in [1.82, 2.24) is 10.6 Å². The molecule has 0 radical (unpaired) electrons. The molecule has 0 aromatic carbocycles. The van der Waals surface area contributed by atoms with Crippen LogP contribution >= 0.6 is 11.8 Å². The summed E-state index contributed by atoms with van der Waals surface area (Å²) in [6, 6.07) is 0.489. The number of carbonyl (C=O) groups excluding carboxylic acids is 1. The molecular weight excluding hydrogens is 208 g/mol. The zero-order valence-electron chi connectivity index (χ0n) is 9.13. The first kappa shape index (κ1) is 11.3. The van der Waals surface area contributed by atoms with Crippen LogP contribution in [0.2, 0.25) is 0 Å². The van der Waals surface area contributed by atoms with Gasteiger partial charge in [-0.25, -0.2) is 0 Å². The summed E-state index contributed by atoms with van der Waals surface area (Å²) in [6.45, 7) is 1.48. The van der Waals surface area contributed by atoms with Crippen molar-refractivity contribution in [2.75, 3.05) is 18.8 Å². The number of rotatable bonds is 5. The number of amides is 1. The molecule has 0 bridgehead atoms. The van der Waals surface area contributed by atoms with Gasteiger partial charge in [-0.2, -0.15) is 11.8 Å². The molecule has 2 fully saturated rings. The molecule has 0 spiro atoms. The van der Waals surface area contributed by atoms with Gasteiger partial charge < -0.3 is 10.6 Å². The highest BCUT2D eigenvalue weighted by molar-refractivity contribution is 7.99. The summed E-state index contributed by atoms with van der Waals surface area (Å²) in [5.74, 6) is 1.46. The highest BCUT2D eigenvalue weighted by atomic mass is 32.2. The summed E-state index contributed by atoms with van der Waals surface area (Å²) in [5.41, 5.74) is 0. The molecule has 4 heteroatoms. The van der Waals surface area contributed by atoms with E-state index in [-0.39, 0.29) is 5.91 Å². The fourth-order valence-electron chi connectivity index (χ4n) is 1.82. The molecule has 0 aromatic rings. The van der Waals surface area contributed by atoms with E-state index in [2.05, 4.69) is 10.6 Å².